The molecule has 5 nitrogen and oxygen atoms in total. The number of hydrogen-bond donors (Lipinski definition) is 3. The zero-order valence-corrected chi connectivity index (χ0v) is 11.0. The molecule has 0 radical (unpaired) electrons. The molecule has 0 bridgehead atoms. The molecule has 18 heavy (non-hydrogen) atoms. The Labute approximate surface area is 107 Å². The molecule has 1 heterocycles. The quantitative estimate of drug-likeness (QED) is 0.721. The number of nitrogens with one attached hydrogen (secondary N) is 1. The molecule has 1 aromatic heterocycles. The van der Waals surface area contributed by atoms with Gasteiger partial charge in [0.15, 0.2) is 5.69 Å². The molecule has 0 aliphatic rings. The van der Waals surface area contributed by atoms with E-state index in [4.69, 9.17) is 5.11 Å². The lowest BCUT2D eigenvalue weighted by Gasteiger charge is -2.25. The van der Waals surface area contributed by atoms with Gasteiger partial charge in [0.2, 0.25) is 0 Å². The lowest BCUT2D eigenvalue weighted by molar-refractivity contribution is 0.0515. The molecule has 0 aliphatic heterocycles. The van der Waals surface area contributed by atoms with Crippen LogP contribution in [-0.2, 0) is 0 Å². The van der Waals surface area contributed by atoms with Crippen LogP contribution in [0.5, 0.6) is 0 Å². The molecule has 0 spiro atoms. The molecule has 0 saturated heterocycles. The molecule has 0 amide bonds. The highest BCUT2D eigenvalue weighted by molar-refractivity contribution is 5.85. The third-order valence-electron chi connectivity index (χ3n) is 2.47. The van der Waals surface area contributed by atoms with Crippen molar-refractivity contribution in [1.29, 1.82) is 0 Å². The van der Waals surface area contributed by atoms with Crippen molar-refractivity contribution in [2.24, 2.45) is 5.92 Å². The van der Waals surface area contributed by atoms with Crippen LogP contribution >= 0.6 is 0 Å². The van der Waals surface area contributed by atoms with Gasteiger partial charge >= 0.3 is 5.97 Å². The second kappa shape index (κ2) is 5.82. The Kier molecular flexibility index (Phi) is 4.67. The summed E-state index contributed by atoms with van der Waals surface area (Å²) in [5.41, 5.74) is -0.849. The normalized spacial score (nSPS) is 14.3. The Morgan fingerprint density at radius 2 is 2.17 bits per heavy atom. The van der Waals surface area contributed by atoms with Crippen molar-refractivity contribution in [3.05, 3.63) is 23.9 Å². The van der Waals surface area contributed by atoms with Crippen LogP contribution in [0.2, 0.25) is 0 Å². The molecule has 100 valence electrons. The maximum atomic E-state index is 10.8. The van der Waals surface area contributed by atoms with Crippen molar-refractivity contribution in [1.82, 2.24) is 4.98 Å². The molecule has 0 aliphatic carbocycles. The minimum absolute atomic E-state index is 0.0106. The number of aliphatic hydroxyl groups is 1. The predicted molar refractivity (Wildman–Crippen MR) is 69.8 cm³/mol. The predicted octanol–water partition coefficient (Wildman–Crippen LogP) is 1.99. The standard InChI is InChI=1S/C13H20N2O3/c1-9(2)7-13(3,18)8-14-11-6-4-5-10(15-11)12(16)17/h4-6,9,18H,7-8H2,1-3H3,(H,14,15)(H,16,17). The number of carbonyl (C=O) groups is 1. The van der Waals surface area contributed by atoms with Gasteiger partial charge in [0.05, 0.1) is 5.60 Å². The Hall–Kier alpha value is -1.62. The van der Waals surface area contributed by atoms with E-state index in [9.17, 15) is 9.90 Å². The first-order chi connectivity index (χ1) is 8.30. The van der Waals surface area contributed by atoms with E-state index >= 15 is 0 Å². The van der Waals surface area contributed by atoms with Crippen molar-refractivity contribution in [3.63, 3.8) is 0 Å². The average molecular weight is 252 g/mol. The zero-order chi connectivity index (χ0) is 13.8. The van der Waals surface area contributed by atoms with Gasteiger partial charge in [0, 0.05) is 6.54 Å². The van der Waals surface area contributed by atoms with Crippen LogP contribution in [0, 0.1) is 5.92 Å². The lowest BCUT2D eigenvalue weighted by atomic mass is 9.94. The molecule has 1 aromatic rings. The van der Waals surface area contributed by atoms with Crippen molar-refractivity contribution in [3.8, 4) is 0 Å². The second-order valence-corrected chi connectivity index (χ2v) is 5.16. The summed E-state index contributed by atoms with van der Waals surface area (Å²) < 4.78 is 0. The fourth-order valence-electron chi connectivity index (χ4n) is 1.88. The number of nitrogens with zero attached hydrogens (tertiary/aromatic N) is 1. The largest absolute Gasteiger partial charge is 0.477 e. The summed E-state index contributed by atoms with van der Waals surface area (Å²) in [6, 6.07) is 4.73. The number of pyridine rings is 1. The molecule has 3 N–H and O–H groups in total. The van der Waals surface area contributed by atoms with Crippen LogP contribution in [0.15, 0.2) is 18.2 Å². The number of rotatable bonds is 6. The minimum atomic E-state index is -1.06. The first-order valence-electron chi connectivity index (χ1n) is 5.97. The van der Waals surface area contributed by atoms with Crippen LogP contribution in [0.3, 0.4) is 0 Å². The molecule has 1 atom stereocenters. The monoisotopic (exact) mass is 252 g/mol. The van der Waals surface area contributed by atoms with Crippen molar-refractivity contribution >= 4 is 11.8 Å². The maximum absolute atomic E-state index is 10.8. The molecule has 5 heteroatoms. The van der Waals surface area contributed by atoms with Crippen LogP contribution in [0.4, 0.5) is 5.82 Å². The molecule has 0 saturated carbocycles. The van der Waals surface area contributed by atoms with E-state index in [2.05, 4.69) is 10.3 Å². The van der Waals surface area contributed by atoms with E-state index < -0.39 is 11.6 Å². The molecular formula is C13H20N2O3. The minimum Gasteiger partial charge on any atom is -0.477 e. The van der Waals surface area contributed by atoms with E-state index in [0.717, 1.165) is 0 Å². The van der Waals surface area contributed by atoms with E-state index in [1.54, 1.807) is 19.1 Å². The van der Waals surface area contributed by atoms with E-state index in [1.807, 2.05) is 13.8 Å². The van der Waals surface area contributed by atoms with Gasteiger partial charge in [-0.1, -0.05) is 19.9 Å². The Balaban J connectivity index is 2.63. The van der Waals surface area contributed by atoms with Crippen LogP contribution in [0.1, 0.15) is 37.7 Å². The van der Waals surface area contributed by atoms with Gasteiger partial charge in [-0.15, -0.1) is 0 Å². The molecule has 0 fully saturated rings. The topological polar surface area (TPSA) is 82.5 Å². The van der Waals surface area contributed by atoms with Crippen LogP contribution < -0.4 is 5.32 Å². The van der Waals surface area contributed by atoms with E-state index in [-0.39, 0.29) is 5.69 Å². The summed E-state index contributed by atoms with van der Waals surface area (Å²) in [4.78, 5) is 14.7. The van der Waals surface area contributed by atoms with Gasteiger partial charge < -0.3 is 15.5 Å². The average Bonchev–Trinajstić information content (AvgIpc) is 2.25. The number of aromatic nitrogens is 1. The van der Waals surface area contributed by atoms with Crippen LogP contribution in [0.25, 0.3) is 0 Å². The summed E-state index contributed by atoms with van der Waals surface area (Å²) in [6.45, 7) is 6.16. The SMILES string of the molecule is CC(C)CC(C)(O)CNc1cccc(C(=O)O)n1. The first-order valence-corrected chi connectivity index (χ1v) is 5.97. The lowest BCUT2D eigenvalue weighted by Crippen LogP contribution is -2.35. The summed E-state index contributed by atoms with van der Waals surface area (Å²) in [7, 11) is 0. The van der Waals surface area contributed by atoms with Crippen LogP contribution in [-0.4, -0.2) is 33.3 Å². The highest BCUT2D eigenvalue weighted by atomic mass is 16.4. The zero-order valence-electron chi connectivity index (χ0n) is 11.0. The van der Waals surface area contributed by atoms with Gasteiger partial charge in [-0.2, -0.15) is 0 Å². The number of aromatic carboxylic acids is 1. The van der Waals surface area contributed by atoms with E-state index in [0.29, 0.717) is 24.7 Å². The smallest absolute Gasteiger partial charge is 0.354 e. The highest BCUT2D eigenvalue weighted by Gasteiger charge is 2.21. The second-order valence-electron chi connectivity index (χ2n) is 5.16. The Bertz CT molecular complexity index is 416. The first kappa shape index (κ1) is 14.4. The van der Waals surface area contributed by atoms with Gasteiger partial charge in [-0.25, -0.2) is 9.78 Å². The molecule has 0 aromatic carbocycles. The molecular weight excluding hydrogens is 232 g/mol. The van der Waals surface area contributed by atoms with Crippen molar-refractivity contribution in [2.45, 2.75) is 32.8 Å². The molecule has 1 unspecified atom stereocenters. The summed E-state index contributed by atoms with van der Waals surface area (Å²) in [5, 5.41) is 21.9. The fourth-order valence-corrected chi connectivity index (χ4v) is 1.88. The molecule has 1 rings (SSSR count). The number of carboxylic acids is 1. The third kappa shape index (κ3) is 4.71. The summed E-state index contributed by atoms with van der Waals surface area (Å²) in [5.74, 6) is -0.216. The van der Waals surface area contributed by atoms with Gasteiger partial charge in [-0.3, -0.25) is 0 Å². The van der Waals surface area contributed by atoms with Crippen molar-refractivity contribution < 1.29 is 15.0 Å². The number of carboxylic acid groups (broad SMARTS) is 1. The van der Waals surface area contributed by atoms with Gasteiger partial charge in [0.25, 0.3) is 0 Å². The van der Waals surface area contributed by atoms with E-state index in [1.165, 1.54) is 6.07 Å². The Morgan fingerprint density at radius 3 is 2.72 bits per heavy atom. The number of anilines is 1. The highest BCUT2D eigenvalue weighted by Crippen LogP contribution is 2.17. The Morgan fingerprint density at radius 1 is 1.50 bits per heavy atom. The summed E-state index contributed by atoms with van der Waals surface area (Å²) >= 11 is 0. The maximum Gasteiger partial charge on any atom is 0.354 e. The van der Waals surface area contributed by atoms with Crippen molar-refractivity contribution in [2.75, 3.05) is 11.9 Å². The fraction of sp³-hybridized carbons (Fsp3) is 0.538. The summed E-state index contributed by atoms with van der Waals surface area (Å²) in [6.07, 6.45) is 0.665. The third-order valence-corrected chi connectivity index (χ3v) is 2.47. The van der Waals surface area contributed by atoms with Gasteiger partial charge in [0.1, 0.15) is 5.82 Å². The number of hydrogen-bond acceptors (Lipinski definition) is 4. The van der Waals surface area contributed by atoms with Gasteiger partial charge in [-0.05, 0) is 31.4 Å².